The van der Waals surface area contributed by atoms with Crippen molar-refractivity contribution in [3.63, 3.8) is 0 Å². The van der Waals surface area contributed by atoms with E-state index >= 15 is 0 Å². The summed E-state index contributed by atoms with van der Waals surface area (Å²) >= 11 is 0. The van der Waals surface area contributed by atoms with Crippen molar-refractivity contribution >= 4 is 17.3 Å². The zero-order chi connectivity index (χ0) is 21.8. The minimum Gasteiger partial charge on any atom is -0.494 e. The van der Waals surface area contributed by atoms with E-state index in [1.165, 1.54) is 12.1 Å². The average Bonchev–Trinajstić information content (AvgIpc) is 2.74. The van der Waals surface area contributed by atoms with Gasteiger partial charge in [-0.15, -0.1) is 0 Å². The van der Waals surface area contributed by atoms with E-state index in [4.69, 9.17) is 4.74 Å². The van der Waals surface area contributed by atoms with Crippen LogP contribution in [-0.2, 0) is 4.79 Å². The molecule has 0 radical (unpaired) electrons. The summed E-state index contributed by atoms with van der Waals surface area (Å²) in [6.07, 6.45) is 8.16. The van der Waals surface area contributed by atoms with Crippen LogP contribution in [0.2, 0.25) is 0 Å². The minimum absolute atomic E-state index is 0.109. The smallest absolute Gasteiger partial charge is 0.387 e. The first-order valence-corrected chi connectivity index (χ1v) is 10.7. The van der Waals surface area contributed by atoms with Gasteiger partial charge in [0.2, 0.25) is 5.91 Å². The number of rotatable bonds is 7. The molecule has 0 unspecified atom stereocenters. The monoisotopic (exact) mass is 431 g/mol. The molecule has 1 aromatic carbocycles. The first-order valence-electron chi connectivity index (χ1n) is 10.7. The predicted octanol–water partition coefficient (Wildman–Crippen LogP) is 4.62. The van der Waals surface area contributed by atoms with Gasteiger partial charge in [-0.1, -0.05) is 6.42 Å². The number of piperidine rings is 1. The van der Waals surface area contributed by atoms with Crippen LogP contribution in [0.4, 0.5) is 20.2 Å². The van der Waals surface area contributed by atoms with Gasteiger partial charge in [-0.05, 0) is 49.9 Å². The van der Waals surface area contributed by atoms with Crippen molar-refractivity contribution in [1.29, 1.82) is 0 Å². The van der Waals surface area contributed by atoms with Gasteiger partial charge in [0.25, 0.3) is 0 Å². The Kier molecular flexibility index (Phi) is 6.53. The molecule has 31 heavy (non-hydrogen) atoms. The summed E-state index contributed by atoms with van der Waals surface area (Å²) < 4.78 is 35.1. The number of anilines is 2. The fourth-order valence-electron chi connectivity index (χ4n) is 4.32. The number of ether oxygens (including phenoxy) is 2. The van der Waals surface area contributed by atoms with Gasteiger partial charge >= 0.3 is 6.61 Å². The van der Waals surface area contributed by atoms with E-state index in [2.05, 4.69) is 14.6 Å². The van der Waals surface area contributed by atoms with Gasteiger partial charge in [-0.2, -0.15) is 8.78 Å². The highest BCUT2D eigenvalue weighted by Crippen LogP contribution is 2.38. The maximum Gasteiger partial charge on any atom is 0.387 e. The topological polar surface area (TPSA) is 54.9 Å². The van der Waals surface area contributed by atoms with Gasteiger partial charge < -0.3 is 19.3 Å². The number of carbonyl (C=O) groups excluding carboxylic acids is 1. The zero-order valence-corrected chi connectivity index (χ0v) is 17.5. The van der Waals surface area contributed by atoms with Crippen molar-refractivity contribution < 1.29 is 23.0 Å². The van der Waals surface area contributed by atoms with Crippen LogP contribution >= 0.6 is 0 Å². The molecule has 166 valence electrons. The van der Waals surface area contributed by atoms with Crippen LogP contribution in [-0.4, -0.2) is 48.6 Å². The molecule has 2 heterocycles. The third-order valence-corrected chi connectivity index (χ3v) is 6.18. The van der Waals surface area contributed by atoms with E-state index in [0.717, 1.165) is 43.5 Å². The number of alkyl halides is 2. The second-order valence-corrected chi connectivity index (χ2v) is 7.97. The van der Waals surface area contributed by atoms with Crippen LogP contribution in [0, 0.1) is 5.92 Å². The Balaban J connectivity index is 1.57. The van der Waals surface area contributed by atoms with Crippen LogP contribution in [0.5, 0.6) is 11.5 Å². The fraction of sp³-hybridized carbons (Fsp3) is 0.478. The van der Waals surface area contributed by atoms with Crippen LogP contribution in [0.25, 0.3) is 0 Å². The number of likely N-dealkylation sites (tertiary alicyclic amines) is 1. The molecule has 2 fully saturated rings. The molecule has 0 spiro atoms. The lowest BCUT2D eigenvalue weighted by Crippen LogP contribution is -2.48. The van der Waals surface area contributed by atoms with Crippen LogP contribution < -0.4 is 14.4 Å². The van der Waals surface area contributed by atoms with E-state index in [-0.39, 0.29) is 23.6 Å². The van der Waals surface area contributed by atoms with Gasteiger partial charge in [0.05, 0.1) is 13.3 Å². The second kappa shape index (κ2) is 9.49. The molecule has 0 bridgehead atoms. The normalized spacial score (nSPS) is 17.4. The summed E-state index contributed by atoms with van der Waals surface area (Å²) in [5.74, 6) is 1.27. The van der Waals surface area contributed by atoms with Gasteiger partial charge in [-0.25, -0.2) is 0 Å². The van der Waals surface area contributed by atoms with Crippen LogP contribution in [0.1, 0.15) is 32.1 Å². The highest BCUT2D eigenvalue weighted by molar-refractivity contribution is 5.79. The Morgan fingerprint density at radius 1 is 1.13 bits per heavy atom. The summed E-state index contributed by atoms with van der Waals surface area (Å²) in [4.78, 5) is 21.0. The van der Waals surface area contributed by atoms with E-state index in [1.807, 2.05) is 4.90 Å². The molecule has 0 atom stereocenters. The van der Waals surface area contributed by atoms with Crippen LogP contribution in [0.3, 0.4) is 0 Å². The number of amides is 1. The SMILES string of the molecule is COc1ccncc1N(c1ccc(OC(F)F)cc1)C1CCN(C(=O)C2CCC2)CC1. The lowest BCUT2D eigenvalue weighted by atomic mass is 9.84. The number of halogens is 2. The molecular formula is C23H27F2N3O3. The molecule has 1 aliphatic heterocycles. The molecule has 1 aliphatic carbocycles. The number of benzene rings is 1. The number of hydrogen-bond donors (Lipinski definition) is 0. The van der Waals surface area contributed by atoms with Crippen molar-refractivity contribution in [2.24, 2.45) is 5.92 Å². The quantitative estimate of drug-likeness (QED) is 0.640. The molecule has 8 heteroatoms. The summed E-state index contributed by atoms with van der Waals surface area (Å²) in [7, 11) is 1.61. The Hall–Kier alpha value is -2.90. The number of carbonyl (C=O) groups is 1. The second-order valence-electron chi connectivity index (χ2n) is 7.97. The molecule has 2 aromatic rings. The Bertz CT molecular complexity index is 882. The lowest BCUT2D eigenvalue weighted by molar-refractivity contribution is -0.139. The molecule has 1 amide bonds. The minimum atomic E-state index is -2.86. The standard InChI is InChI=1S/C23H27F2N3O3/c1-30-21-9-12-26-15-20(21)28(17-5-7-19(8-6-17)31-23(24)25)18-10-13-27(14-11-18)22(29)16-3-2-4-16/h5-9,12,15-16,18,23H,2-4,10-11,13-14H2,1H3. The molecule has 2 aliphatic rings. The van der Waals surface area contributed by atoms with Crippen molar-refractivity contribution in [2.45, 2.75) is 44.8 Å². The number of aromatic nitrogens is 1. The number of methoxy groups -OCH3 is 1. The van der Waals surface area contributed by atoms with E-state index < -0.39 is 6.61 Å². The maximum absolute atomic E-state index is 12.6. The van der Waals surface area contributed by atoms with Crippen molar-refractivity contribution in [2.75, 3.05) is 25.1 Å². The highest BCUT2D eigenvalue weighted by atomic mass is 19.3. The van der Waals surface area contributed by atoms with Crippen molar-refractivity contribution in [3.05, 3.63) is 42.7 Å². The third-order valence-electron chi connectivity index (χ3n) is 6.18. The average molecular weight is 431 g/mol. The Morgan fingerprint density at radius 2 is 1.84 bits per heavy atom. The first kappa shape index (κ1) is 21.3. The van der Waals surface area contributed by atoms with Crippen LogP contribution in [0.15, 0.2) is 42.7 Å². The Morgan fingerprint density at radius 3 is 2.42 bits per heavy atom. The molecule has 1 saturated heterocycles. The van der Waals surface area contributed by atoms with Gasteiger partial charge in [-0.3, -0.25) is 9.78 Å². The number of hydrogen-bond acceptors (Lipinski definition) is 5. The molecule has 0 N–H and O–H groups in total. The molecule has 1 saturated carbocycles. The fourth-order valence-corrected chi connectivity index (χ4v) is 4.32. The number of pyridine rings is 1. The molecular weight excluding hydrogens is 404 g/mol. The first-order chi connectivity index (χ1) is 15.1. The number of nitrogens with zero attached hydrogens (tertiary/aromatic N) is 3. The van der Waals surface area contributed by atoms with E-state index in [1.54, 1.807) is 37.7 Å². The summed E-state index contributed by atoms with van der Waals surface area (Å²) in [6.45, 7) is -1.46. The zero-order valence-electron chi connectivity index (χ0n) is 17.5. The molecule has 1 aromatic heterocycles. The van der Waals surface area contributed by atoms with Gasteiger partial charge in [0.15, 0.2) is 0 Å². The predicted molar refractivity (Wildman–Crippen MR) is 113 cm³/mol. The molecule has 6 nitrogen and oxygen atoms in total. The Labute approximate surface area is 180 Å². The summed E-state index contributed by atoms with van der Waals surface area (Å²) in [5, 5.41) is 0. The summed E-state index contributed by atoms with van der Waals surface area (Å²) in [5.41, 5.74) is 1.63. The van der Waals surface area contributed by atoms with E-state index in [0.29, 0.717) is 18.8 Å². The maximum atomic E-state index is 12.6. The van der Waals surface area contributed by atoms with Gasteiger partial charge in [0.1, 0.15) is 17.2 Å². The molecule has 4 rings (SSSR count). The van der Waals surface area contributed by atoms with Gasteiger partial charge in [0, 0.05) is 43.0 Å². The largest absolute Gasteiger partial charge is 0.494 e. The highest BCUT2D eigenvalue weighted by Gasteiger charge is 2.34. The van der Waals surface area contributed by atoms with E-state index in [9.17, 15) is 13.6 Å². The van der Waals surface area contributed by atoms with Crippen molar-refractivity contribution in [1.82, 2.24) is 9.88 Å². The third kappa shape index (κ3) is 4.73. The van der Waals surface area contributed by atoms with Crippen molar-refractivity contribution in [3.8, 4) is 11.5 Å². The summed E-state index contributed by atoms with van der Waals surface area (Å²) in [6, 6.07) is 8.50. The lowest BCUT2D eigenvalue weighted by Gasteiger charge is -2.41.